The molecule has 1 radical (unpaired) electrons. The van der Waals surface area contributed by atoms with Gasteiger partial charge in [0.1, 0.15) is 6.20 Å². The van der Waals surface area contributed by atoms with E-state index >= 15 is 0 Å². The summed E-state index contributed by atoms with van der Waals surface area (Å²) in [5.74, 6) is -0.331. The van der Waals surface area contributed by atoms with Crippen molar-refractivity contribution in [2.24, 2.45) is 0 Å². The van der Waals surface area contributed by atoms with Crippen molar-refractivity contribution < 1.29 is 17.9 Å². The van der Waals surface area contributed by atoms with Crippen molar-refractivity contribution in [3.8, 4) is 5.88 Å². The van der Waals surface area contributed by atoms with E-state index in [2.05, 4.69) is 16.0 Å². The smallest absolute Gasteiger partial charge is 0.481 e. The number of alkyl halides is 3. The Kier molecular flexibility index (Phi) is 1.99. The molecule has 0 bridgehead atoms. The second kappa shape index (κ2) is 2.69. The average Bonchev–Trinajstić information content (AvgIpc) is 2.29. The first-order valence-corrected chi connectivity index (χ1v) is 3.05. The Morgan fingerprint density at radius 1 is 1.50 bits per heavy atom. The Morgan fingerprint density at radius 2 is 2.08 bits per heavy atom. The van der Waals surface area contributed by atoms with E-state index in [1.165, 1.54) is 6.92 Å². The van der Waals surface area contributed by atoms with Crippen molar-refractivity contribution in [2.45, 2.75) is 13.2 Å². The molecule has 67 valence electrons. The highest BCUT2D eigenvalue weighted by Crippen LogP contribution is 2.28. The Balaban J connectivity index is 3.16. The summed E-state index contributed by atoms with van der Waals surface area (Å²) in [4.78, 5) is 0. The van der Waals surface area contributed by atoms with Gasteiger partial charge in [0.05, 0.1) is 7.11 Å². The molecule has 12 heavy (non-hydrogen) atoms. The van der Waals surface area contributed by atoms with Crippen LogP contribution in [0.25, 0.3) is 0 Å². The van der Waals surface area contributed by atoms with Crippen LogP contribution in [0, 0.1) is 13.1 Å². The molecule has 3 nitrogen and oxygen atoms in total. The fourth-order valence-corrected chi connectivity index (χ4v) is 0.788. The van der Waals surface area contributed by atoms with Crippen LogP contribution in [-0.4, -0.2) is 16.9 Å². The average molecular weight is 179 g/mol. The lowest BCUT2D eigenvalue weighted by atomic mass is 10.4. The Hall–Kier alpha value is -1.20. The first-order chi connectivity index (χ1) is 5.46. The van der Waals surface area contributed by atoms with Gasteiger partial charge in [-0.15, -0.1) is 17.9 Å². The summed E-state index contributed by atoms with van der Waals surface area (Å²) in [6.45, 7) is 1.44. The van der Waals surface area contributed by atoms with Gasteiger partial charge >= 0.3 is 6.30 Å². The van der Waals surface area contributed by atoms with Crippen molar-refractivity contribution in [3.63, 3.8) is 0 Å². The van der Waals surface area contributed by atoms with E-state index in [9.17, 15) is 13.2 Å². The predicted molar refractivity (Wildman–Crippen MR) is 33.6 cm³/mol. The minimum absolute atomic E-state index is 0.164. The molecule has 0 aromatic carbocycles. The second-order valence-corrected chi connectivity index (χ2v) is 2.13. The topological polar surface area (TPSA) is 27.1 Å². The number of hydrogen-bond donors (Lipinski definition) is 0. The van der Waals surface area contributed by atoms with Crippen LogP contribution in [0.15, 0.2) is 0 Å². The first kappa shape index (κ1) is 8.89. The van der Waals surface area contributed by atoms with E-state index in [1.54, 1.807) is 0 Å². The van der Waals surface area contributed by atoms with Gasteiger partial charge < -0.3 is 4.74 Å². The molecule has 6 heteroatoms. The van der Waals surface area contributed by atoms with Gasteiger partial charge in [-0.2, -0.15) is 5.10 Å². The maximum Gasteiger partial charge on any atom is 0.507 e. The summed E-state index contributed by atoms with van der Waals surface area (Å²) in [5, 5.41) is 3.00. The summed E-state index contributed by atoms with van der Waals surface area (Å²) in [6, 6.07) is 0. The number of rotatable bonds is 1. The molecular formula is C6H6F3N2O. The molecule has 0 aliphatic carbocycles. The van der Waals surface area contributed by atoms with Gasteiger partial charge in [0.15, 0.2) is 0 Å². The maximum atomic E-state index is 12.0. The molecule has 1 aromatic rings. The van der Waals surface area contributed by atoms with E-state index in [0.29, 0.717) is 0 Å². The molecule has 0 saturated heterocycles. The van der Waals surface area contributed by atoms with Crippen LogP contribution >= 0.6 is 0 Å². The molecule has 0 saturated carbocycles. The quantitative estimate of drug-likeness (QED) is 0.652. The minimum Gasteiger partial charge on any atom is -0.481 e. The van der Waals surface area contributed by atoms with E-state index in [1.807, 2.05) is 0 Å². The number of ether oxygens (including phenoxy) is 1. The number of aryl methyl sites for hydroxylation is 1. The summed E-state index contributed by atoms with van der Waals surface area (Å²) in [5.41, 5.74) is 0.231. The van der Waals surface area contributed by atoms with Crippen molar-refractivity contribution in [3.05, 3.63) is 11.8 Å². The summed E-state index contributed by atoms with van der Waals surface area (Å²) >= 11 is 0. The van der Waals surface area contributed by atoms with Crippen LogP contribution in [0.2, 0.25) is 0 Å². The zero-order valence-corrected chi connectivity index (χ0v) is 6.44. The summed E-state index contributed by atoms with van der Waals surface area (Å²) in [6.07, 6.45) is -2.38. The van der Waals surface area contributed by atoms with Gasteiger partial charge in [0, 0.05) is 5.56 Å². The van der Waals surface area contributed by atoms with Crippen LogP contribution in [0.5, 0.6) is 5.88 Å². The van der Waals surface area contributed by atoms with Gasteiger partial charge in [0.25, 0.3) is 0 Å². The van der Waals surface area contributed by atoms with Crippen molar-refractivity contribution in [1.29, 1.82) is 0 Å². The van der Waals surface area contributed by atoms with Gasteiger partial charge in [-0.05, 0) is 6.92 Å². The lowest BCUT2D eigenvalue weighted by Gasteiger charge is -2.09. The Bertz CT molecular complexity index is 279. The van der Waals surface area contributed by atoms with Gasteiger partial charge in [-0.25, -0.2) is 0 Å². The third-order valence-corrected chi connectivity index (χ3v) is 1.26. The predicted octanol–water partition coefficient (Wildman–Crippen LogP) is 1.48. The molecule has 0 unspecified atom stereocenters. The van der Waals surface area contributed by atoms with E-state index in [0.717, 1.165) is 7.11 Å². The molecule has 0 N–H and O–H groups in total. The molecule has 0 aliphatic rings. The molecular weight excluding hydrogens is 173 g/mol. The maximum absolute atomic E-state index is 12.0. The molecule has 1 rings (SSSR count). The molecule has 0 fully saturated rings. The van der Waals surface area contributed by atoms with Crippen LogP contribution in [0.1, 0.15) is 5.56 Å². The zero-order chi connectivity index (χ0) is 9.35. The van der Waals surface area contributed by atoms with Gasteiger partial charge in [-0.3, -0.25) is 0 Å². The highest BCUT2D eigenvalue weighted by atomic mass is 19.4. The number of halogens is 3. The first-order valence-electron chi connectivity index (χ1n) is 3.05. The molecule has 0 atom stereocenters. The lowest BCUT2D eigenvalue weighted by Crippen LogP contribution is -2.19. The molecule has 0 amide bonds. The second-order valence-electron chi connectivity index (χ2n) is 2.13. The standard InChI is InChI=1S/C6H6F3N2O/c1-4-3-10-11(5(4)12-2)6(7,8)9/h1-2H3. The van der Waals surface area contributed by atoms with Crippen molar-refractivity contribution >= 4 is 0 Å². The third kappa shape index (κ3) is 1.37. The molecule has 1 heterocycles. The highest BCUT2D eigenvalue weighted by Gasteiger charge is 2.35. The number of aromatic nitrogens is 2. The molecule has 1 aromatic heterocycles. The van der Waals surface area contributed by atoms with Crippen molar-refractivity contribution in [1.82, 2.24) is 9.78 Å². The van der Waals surface area contributed by atoms with Crippen LogP contribution in [0.4, 0.5) is 13.2 Å². The van der Waals surface area contributed by atoms with Crippen LogP contribution in [0.3, 0.4) is 0 Å². The van der Waals surface area contributed by atoms with Gasteiger partial charge in [0.2, 0.25) is 5.88 Å². The monoisotopic (exact) mass is 179 g/mol. The van der Waals surface area contributed by atoms with Crippen LogP contribution < -0.4 is 4.74 Å². The largest absolute Gasteiger partial charge is 0.507 e. The number of nitrogens with zero attached hydrogens (tertiary/aromatic N) is 2. The Labute approximate surface area is 66.7 Å². The lowest BCUT2D eigenvalue weighted by molar-refractivity contribution is -0.214. The summed E-state index contributed by atoms with van der Waals surface area (Å²) < 4.78 is 40.5. The van der Waals surface area contributed by atoms with E-state index < -0.39 is 6.30 Å². The third-order valence-electron chi connectivity index (χ3n) is 1.26. The van der Waals surface area contributed by atoms with Gasteiger partial charge in [-0.1, -0.05) is 0 Å². The van der Waals surface area contributed by atoms with Crippen molar-refractivity contribution in [2.75, 3.05) is 7.11 Å². The zero-order valence-electron chi connectivity index (χ0n) is 6.44. The normalized spacial score (nSPS) is 11.8. The fraction of sp³-hybridized carbons (Fsp3) is 0.500. The number of hydrogen-bond acceptors (Lipinski definition) is 2. The Morgan fingerprint density at radius 3 is 2.42 bits per heavy atom. The van der Waals surface area contributed by atoms with E-state index in [-0.39, 0.29) is 16.1 Å². The minimum atomic E-state index is -4.55. The molecule has 0 aliphatic heterocycles. The number of methoxy groups -OCH3 is 1. The fourth-order valence-electron chi connectivity index (χ4n) is 0.788. The van der Waals surface area contributed by atoms with E-state index in [4.69, 9.17) is 0 Å². The summed E-state index contributed by atoms with van der Waals surface area (Å²) in [7, 11) is 1.15. The highest BCUT2D eigenvalue weighted by molar-refractivity contribution is 5.21. The SMILES string of the molecule is COc1c(C)[c]nn1C(F)(F)F. The molecule has 0 spiro atoms. The van der Waals surface area contributed by atoms with Crippen LogP contribution in [-0.2, 0) is 6.30 Å².